The molecule has 1 aliphatic rings. The molecule has 0 bridgehead atoms. The second-order valence-corrected chi connectivity index (χ2v) is 5.24. The monoisotopic (exact) mass is 279 g/mol. The summed E-state index contributed by atoms with van der Waals surface area (Å²) < 4.78 is 18.4. The minimum atomic E-state index is -1.06. The van der Waals surface area contributed by atoms with Crippen molar-refractivity contribution in [2.75, 3.05) is 0 Å². The van der Waals surface area contributed by atoms with Gasteiger partial charge in [-0.3, -0.25) is 4.79 Å². The molecule has 4 nitrogen and oxygen atoms in total. The molecule has 0 heterocycles. The van der Waals surface area contributed by atoms with E-state index < -0.39 is 11.9 Å². The Labute approximate surface area is 117 Å². The number of carbonyl (C=O) groups is 2. The van der Waals surface area contributed by atoms with E-state index >= 15 is 0 Å². The number of amides is 1. The zero-order valence-corrected chi connectivity index (χ0v) is 11.4. The Balaban J connectivity index is 2.27. The molecule has 1 aromatic carbocycles. The van der Waals surface area contributed by atoms with Crippen LogP contribution in [-0.2, 0) is 4.79 Å². The maximum Gasteiger partial charge on any atom is 0.410 e. The Kier molecular flexibility index (Phi) is 4.37. The number of halogens is 1. The molecule has 1 aromatic rings. The van der Waals surface area contributed by atoms with Crippen LogP contribution in [0.1, 0.15) is 44.1 Å². The quantitative estimate of drug-likeness (QED) is 0.920. The van der Waals surface area contributed by atoms with E-state index in [-0.39, 0.29) is 23.4 Å². The fourth-order valence-corrected chi connectivity index (χ4v) is 3.03. The smallest absolute Gasteiger partial charge is 0.407 e. The lowest BCUT2D eigenvalue weighted by atomic mass is 9.82. The van der Waals surface area contributed by atoms with E-state index in [1.807, 2.05) is 0 Å². The van der Waals surface area contributed by atoms with Crippen molar-refractivity contribution in [2.45, 2.75) is 38.5 Å². The molecule has 20 heavy (non-hydrogen) atoms. The van der Waals surface area contributed by atoms with Crippen LogP contribution in [0.15, 0.2) is 18.2 Å². The van der Waals surface area contributed by atoms with Gasteiger partial charge in [0.15, 0.2) is 11.6 Å². The van der Waals surface area contributed by atoms with Gasteiger partial charge < -0.3 is 10.5 Å². The van der Waals surface area contributed by atoms with Crippen molar-refractivity contribution in [1.29, 1.82) is 0 Å². The Morgan fingerprint density at radius 2 is 2.00 bits per heavy atom. The normalized spacial score (nSPS) is 16.9. The second kappa shape index (κ2) is 6.03. The summed E-state index contributed by atoms with van der Waals surface area (Å²) in [6.07, 6.45) is 3.15. The zero-order valence-electron chi connectivity index (χ0n) is 11.4. The maximum atomic E-state index is 13.9. The average Bonchev–Trinajstić information content (AvgIpc) is 2.85. The predicted octanol–water partition coefficient (Wildman–Crippen LogP) is 3.15. The molecular weight excluding hydrogens is 261 g/mol. The first-order valence-electron chi connectivity index (χ1n) is 6.76. The first-order chi connectivity index (χ1) is 9.49. The van der Waals surface area contributed by atoms with E-state index in [4.69, 9.17) is 5.73 Å². The number of ether oxygens (including phenoxy) is 1. The summed E-state index contributed by atoms with van der Waals surface area (Å²) >= 11 is 0. The van der Waals surface area contributed by atoms with Crippen molar-refractivity contribution in [2.24, 2.45) is 11.7 Å². The van der Waals surface area contributed by atoms with Gasteiger partial charge in [0.1, 0.15) is 5.78 Å². The lowest BCUT2D eigenvalue weighted by Gasteiger charge is -2.21. The predicted molar refractivity (Wildman–Crippen MR) is 72.0 cm³/mol. The fourth-order valence-electron chi connectivity index (χ4n) is 3.03. The van der Waals surface area contributed by atoms with Gasteiger partial charge in [-0.2, -0.15) is 0 Å². The highest BCUT2D eigenvalue weighted by Gasteiger charge is 2.30. The first-order valence-corrected chi connectivity index (χ1v) is 6.76. The van der Waals surface area contributed by atoms with Gasteiger partial charge in [0.25, 0.3) is 0 Å². The summed E-state index contributed by atoms with van der Waals surface area (Å²) in [5.41, 5.74) is 5.49. The molecule has 0 radical (unpaired) electrons. The minimum absolute atomic E-state index is 0.0415. The fraction of sp³-hybridized carbons (Fsp3) is 0.467. The van der Waals surface area contributed by atoms with Crippen LogP contribution in [0.25, 0.3) is 0 Å². The van der Waals surface area contributed by atoms with Crippen LogP contribution in [0.4, 0.5) is 9.18 Å². The lowest BCUT2D eigenvalue weighted by molar-refractivity contribution is -0.119. The van der Waals surface area contributed by atoms with Gasteiger partial charge in [0.2, 0.25) is 0 Å². The molecule has 0 aromatic heterocycles. The third-order valence-corrected chi connectivity index (χ3v) is 3.83. The molecule has 0 aliphatic heterocycles. The van der Waals surface area contributed by atoms with Crippen LogP contribution in [0.2, 0.25) is 0 Å². The van der Waals surface area contributed by atoms with E-state index in [1.165, 1.54) is 19.1 Å². The molecular formula is C15H18FNO3. The van der Waals surface area contributed by atoms with Crippen LogP contribution < -0.4 is 10.5 Å². The summed E-state index contributed by atoms with van der Waals surface area (Å²) in [6.45, 7) is 1.54. The molecule has 2 N–H and O–H groups in total. The van der Waals surface area contributed by atoms with Gasteiger partial charge in [-0.05, 0) is 43.4 Å². The number of hydrogen-bond acceptors (Lipinski definition) is 3. The third-order valence-electron chi connectivity index (χ3n) is 3.83. The number of benzene rings is 1. The van der Waals surface area contributed by atoms with Gasteiger partial charge in [-0.15, -0.1) is 0 Å². The summed E-state index contributed by atoms with van der Waals surface area (Å²) in [5, 5.41) is 0. The topological polar surface area (TPSA) is 69.4 Å². The SMILES string of the molecule is CC(=O)C(c1ccc(OC(N)=O)c(F)c1)C1CCCC1. The molecule has 0 spiro atoms. The Morgan fingerprint density at radius 3 is 2.50 bits per heavy atom. The number of carbonyl (C=O) groups excluding carboxylic acids is 2. The Morgan fingerprint density at radius 1 is 1.35 bits per heavy atom. The van der Waals surface area contributed by atoms with E-state index in [0.717, 1.165) is 25.7 Å². The van der Waals surface area contributed by atoms with E-state index in [9.17, 15) is 14.0 Å². The van der Waals surface area contributed by atoms with Crippen LogP contribution in [0.3, 0.4) is 0 Å². The van der Waals surface area contributed by atoms with Crippen molar-refractivity contribution in [3.8, 4) is 5.75 Å². The van der Waals surface area contributed by atoms with Crippen molar-refractivity contribution in [1.82, 2.24) is 0 Å². The van der Waals surface area contributed by atoms with Gasteiger partial charge >= 0.3 is 6.09 Å². The maximum absolute atomic E-state index is 13.9. The molecule has 1 saturated carbocycles. The highest BCUT2D eigenvalue weighted by Crippen LogP contribution is 2.38. The standard InChI is InChI=1S/C15H18FNO3/c1-9(18)14(10-4-2-3-5-10)11-6-7-13(12(16)8-11)20-15(17)19/h6-8,10,14H,2-5H2,1H3,(H2,17,19). The first kappa shape index (κ1) is 14.5. The highest BCUT2D eigenvalue weighted by atomic mass is 19.1. The van der Waals surface area contributed by atoms with Crippen molar-refractivity contribution >= 4 is 11.9 Å². The molecule has 1 unspecified atom stereocenters. The number of Topliss-reactive ketones (excluding diaryl/α,β-unsaturated/α-hetero) is 1. The van der Waals surface area contributed by atoms with E-state index in [1.54, 1.807) is 6.07 Å². The number of ketones is 1. The number of primary amides is 1. The average molecular weight is 279 g/mol. The molecule has 1 fully saturated rings. The molecule has 1 amide bonds. The van der Waals surface area contributed by atoms with Gasteiger partial charge in [0.05, 0.1) is 0 Å². The zero-order chi connectivity index (χ0) is 14.7. The third kappa shape index (κ3) is 3.15. The minimum Gasteiger partial charge on any atom is -0.407 e. The van der Waals surface area contributed by atoms with Gasteiger partial charge in [-0.25, -0.2) is 9.18 Å². The van der Waals surface area contributed by atoms with Gasteiger partial charge in [-0.1, -0.05) is 18.9 Å². The molecule has 1 aliphatic carbocycles. The van der Waals surface area contributed by atoms with E-state index in [0.29, 0.717) is 5.56 Å². The largest absolute Gasteiger partial charge is 0.410 e. The van der Waals surface area contributed by atoms with Crippen molar-refractivity contribution in [3.05, 3.63) is 29.6 Å². The summed E-state index contributed by atoms with van der Waals surface area (Å²) in [7, 11) is 0. The van der Waals surface area contributed by atoms with Crippen LogP contribution in [0.5, 0.6) is 5.75 Å². The van der Waals surface area contributed by atoms with Crippen molar-refractivity contribution in [3.63, 3.8) is 0 Å². The van der Waals surface area contributed by atoms with Crippen LogP contribution in [0, 0.1) is 11.7 Å². The molecule has 2 rings (SSSR count). The second-order valence-electron chi connectivity index (χ2n) is 5.24. The highest BCUT2D eigenvalue weighted by molar-refractivity contribution is 5.83. The van der Waals surface area contributed by atoms with Gasteiger partial charge in [0, 0.05) is 5.92 Å². The Bertz CT molecular complexity index is 524. The molecule has 0 saturated heterocycles. The lowest BCUT2D eigenvalue weighted by Crippen LogP contribution is -2.19. The molecule has 108 valence electrons. The van der Waals surface area contributed by atoms with Crippen molar-refractivity contribution < 1.29 is 18.7 Å². The van der Waals surface area contributed by atoms with Crippen LogP contribution >= 0.6 is 0 Å². The molecule has 1 atom stereocenters. The Hall–Kier alpha value is -1.91. The summed E-state index contributed by atoms with van der Waals surface area (Å²) in [4.78, 5) is 22.5. The number of rotatable bonds is 4. The number of nitrogens with two attached hydrogens (primary N) is 1. The molecule has 5 heteroatoms. The number of hydrogen-bond donors (Lipinski definition) is 1. The van der Waals surface area contributed by atoms with E-state index in [2.05, 4.69) is 4.74 Å². The summed E-state index contributed by atoms with van der Waals surface area (Å²) in [5.74, 6) is -0.857. The van der Waals surface area contributed by atoms with Crippen LogP contribution in [-0.4, -0.2) is 11.9 Å². The summed E-state index contributed by atoms with van der Waals surface area (Å²) in [6, 6.07) is 4.24.